The van der Waals surface area contributed by atoms with E-state index in [1.165, 1.54) is 5.56 Å². The van der Waals surface area contributed by atoms with Crippen molar-refractivity contribution in [2.45, 2.75) is 27.3 Å². The highest BCUT2D eigenvalue weighted by Gasteiger charge is 2.09. The van der Waals surface area contributed by atoms with Crippen LogP contribution in [0.25, 0.3) is 10.9 Å². The summed E-state index contributed by atoms with van der Waals surface area (Å²) in [6.07, 6.45) is 0. The molecule has 0 saturated heterocycles. The Morgan fingerprint density at radius 2 is 1.95 bits per heavy atom. The van der Waals surface area contributed by atoms with Gasteiger partial charge in [-0.15, -0.1) is 0 Å². The first-order chi connectivity index (χ1) is 10.2. The Morgan fingerprint density at radius 1 is 1.24 bits per heavy atom. The number of fused-ring (bicyclic) bond motifs is 1. The van der Waals surface area contributed by atoms with Gasteiger partial charge in [0.15, 0.2) is 0 Å². The third kappa shape index (κ3) is 3.79. The number of nitrogens with zero attached hydrogens (tertiary/aromatic N) is 2. The minimum absolute atomic E-state index is 0.148. The summed E-state index contributed by atoms with van der Waals surface area (Å²) in [7, 11) is 0. The van der Waals surface area contributed by atoms with Crippen molar-refractivity contribution in [1.29, 1.82) is 0 Å². The van der Waals surface area contributed by atoms with Crippen molar-refractivity contribution in [2.75, 3.05) is 19.6 Å². The summed E-state index contributed by atoms with van der Waals surface area (Å²) in [5, 5.41) is 4.40. The summed E-state index contributed by atoms with van der Waals surface area (Å²) in [5.41, 5.74) is 3.19. The zero-order chi connectivity index (χ0) is 15.2. The second-order valence-corrected chi connectivity index (χ2v) is 5.11. The molecule has 0 unspecified atom stereocenters. The van der Waals surface area contributed by atoms with Crippen molar-refractivity contribution >= 4 is 16.8 Å². The molecule has 112 valence electrons. The number of nitrogens with one attached hydrogen (secondary N) is 1. The molecule has 21 heavy (non-hydrogen) atoms. The minimum Gasteiger partial charge on any atom is -0.342 e. The molecule has 4 nitrogen and oxygen atoms in total. The topological polar surface area (TPSA) is 45.2 Å². The summed E-state index contributed by atoms with van der Waals surface area (Å²) in [5.74, 6) is 0.148. The maximum atomic E-state index is 12.0. The fraction of sp³-hybridized carbons (Fsp3) is 0.412. The molecule has 0 bridgehead atoms. The van der Waals surface area contributed by atoms with Gasteiger partial charge >= 0.3 is 0 Å². The smallest absolute Gasteiger partial charge is 0.236 e. The molecule has 0 aliphatic rings. The molecular formula is C17H23N3O. The van der Waals surface area contributed by atoms with Gasteiger partial charge < -0.3 is 10.2 Å². The van der Waals surface area contributed by atoms with Crippen LogP contribution in [-0.4, -0.2) is 35.4 Å². The van der Waals surface area contributed by atoms with Gasteiger partial charge in [0.05, 0.1) is 12.1 Å². The van der Waals surface area contributed by atoms with Crippen molar-refractivity contribution in [3.05, 3.63) is 41.6 Å². The number of aromatic nitrogens is 1. The predicted molar refractivity (Wildman–Crippen MR) is 86.1 cm³/mol. The van der Waals surface area contributed by atoms with Crippen LogP contribution < -0.4 is 5.32 Å². The second kappa shape index (κ2) is 7.18. The highest BCUT2D eigenvalue weighted by molar-refractivity contribution is 5.82. The fourth-order valence-corrected chi connectivity index (χ4v) is 2.53. The number of hydrogen-bond acceptors (Lipinski definition) is 3. The van der Waals surface area contributed by atoms with Gasteiger partial charge in [-0.3, -0.25) is 9.78 Å². The van der Waals surface area contributed by atoms with E-state index in [1.807, 2.05) is 43.9 Å². The Morgan fingerprint density at radius 3 is 2.67 bits per heavy atom. The molecule has 1 aromatic heterocycles. The average Bonchev–Trinajstić information content (AvgIpc) is 2.48. The molecule has 2 aromatic rings. The lowest BCUT2D eigenvalue weighted by Crippen LogP contribution is -2.37. The van der Waals surface area contributed by atoms with E-state index >= 15 is 0 Å². The van der Waals surface area contributed by atoms with Crippen LogP contribution in [0.3, 0.4) is 0 Å². The average molecular weight is 285 g/mol. The predicted octanol–water partition coefficient (Wildman–Crippen LogP) is 2.50. The summed E-state index contributed by atoms with van der Waals surface area (Å²) < 4.78 is 0. The first-order valence-electron chi connectivity index (χ1n) is 7.49. The number of rotatable bonds is 6. The molecule has 1 N–H and O–H groups in total. The standard InChI is InChI=1S/C17H23N3O/c1-4-20(5-2)17(21)12-18-11-14-10-13(3)19-16-9-7-6-8-15(14)16/h6-10,18H,4-5,11-12H2,1-3H3. The number of para-hydroxylation sites is 1. The Kier molecular flexibility index (Phi) is 5.28. The third-order valence-corrected chi connectivity index (χ3v) is 3.64. The summed E-state index contributed by atoms with van der Waals surface area (Å²) in [6.45, 7) is 8.57. The van der Waals surface area contributed by atoms with Gasteiger partial charge in [0.1, 0.15) is 0 Å². The molecule has 0 fully saturated rings. The number of aryl methyl sites for hydroxylation is 1. The van der Waals surface area contributed by atoms with Crippen LogP contribution in [0.15, 0.2) is 30.3 Å². The number of amides is 1. The Bertz CT molecular complexity index is 620. The van der Waals surface area contributed by atoms with Crippen molar-refractivity contribution < 1.29 is 4.79 Å². The largest absolute Gasteiger partial charge is 0.342 e. The SMILES string of the molecule is CCN(CC)C(=O)CNCc1cc(C)nc2ccccc12. The lowest BCUT2D eigenvalue weighted by atomic mass is 10.1. The Balaban J connectivity index is 2.05. The third-order valence-electron chi connectivity index (χ3n) is 3.64. The van der Waals surface area contributed by atoms with Crippen molar-refractivity contribution in [2.24, 2.45) is 0 Å². The molecule has 1 amide bonds. The van der Waals surface area contributed by atoms with Crippen LogP contribution in [0.5, 0.6) is 0 Å². The molecule has 4 heteroatoms. The highest BCUT2D eigenvalue weighted by Crippen LogP contribution is 2.17. The van der Waals surface area contributed by atoms with E-state index in [9.17, 15) is 4.79 Å². The Labute approximate surface area is 126 Å². The molecule has 0 atom stereocenters. The van der Waals surface area contributed by atoms with E-state index in [1.54, 1.807) is 0 Å². The zero-order valence-electron chi connectivity index (χ0n) is 13.0. The van der Waals surface area contributed by atoms with Crippen LogP contribution >= 0.6 is 0 Å². The van der Waals surface area contributed by atoms with E-state index in [-0.39, 0.29) is 5.91 Å². The second-order valence-electron chi connectivity index (χ2n) is 5.11. The van der Waals surface area contributed by atoms with Gasteiger partial charge in [0.2, 0.25) is 5.91 Å². The van der Waals surface area contributed by atoms with Crippen LogP contribution in [0.2, 0.25) is 0 Å². The van der Waals surface area contributed by atoms with Gasteiger partial charge in [-0.2, -0.15) is 0 Å². The minimum atomic E-state index is 0.148. The number of pyridine rings is 1. The van der Waals surface area contributed by atoms with Crippen LogP contribution in [0.1, 0.15) is 25.1 Å². The lowest BCUT2D eigenvalue weighted by molar-refractivity contribution is -0.129. The van der Waals surface area contributed by atoms with Gasteiger partial charge in [-0.25, -0.2) is 0 Å². The summed E-state index contributed by atoms with van der Waals surface area (Å²) >= 11 is 0. The molecule has 2 rings (SSSR count). The maximum absolute atomic E-state index is 12.0. The van der Waals surface area contributed by atoms with E-state index in [4.69, 9.17) is 0 Å². The molecule has 0 spiro atoms. The number of benzene rings is 1. The zero-order valence-corrected chi connectivity index (χ0v) is 13.0. The molecular weight excluding hydrogens is 262 g/mol. The van der Waals surface area contributed by atoms with Crippen molar-refractivity contribution in [3.63, 3.8) is 0 Å². The summed E-state index contributed by atoms with van der Waals surface area (Å²) in [6, 6.07) is 10.2. The van der Waals surface area contributed by atoms with Crippen LogP contribution in [0.4, 0.5) is 0 Å². The van der Waals surface area contributed by atoms with Gasteiger partial charge in [-0.1, -0.05) is 18.2 Å². The molecule has 0 aliphatic carbocycles. The number of carbonyl (C=O) groups excluding carboxylic acids is 1. The van der Waals surface area contributed by atoms with E-state index in [2.05, 4.69) is 22.4 Å². The van der Waals surface area contributed by atoms with Crippen LogP contribution in [-0.2, 0) is 11.3 Å². The quantitative estimate of drug-likeness (QED) is 0.887. The highest BCUT2D eigenvalue weighted by atomic mass is 16.2. The molecule has 0 aliphatic heterocycles. The van der Waals surface area contributed by atoms with E-state index < -0.39 is 0 Å². The van der Waals surface area contributed by atoms with Crippen molar-refractivity contribution in [1.82, 2.24) is 15.2 Å². The summed E-state index contributed by atoms with van der Waals surface area (Å²) in [4.78, 5) is 18.3. The monoisotopic (exact) mass is 285 g/mol. The van der Waals surface area contributed by atoms with Gasteiger partial charge in [0, 0.05) is 30.7 Å². The van der Waals surface area contributed by atoms with E-state index in [0.717, 1.165) is 29.7 Å². The molecule has 0 saturated carbocycles. The first kappa shape index (κ1) is 15.4. The molecule has 1 heterocycles. The van der Waals surface area contributed by atoms with Gasteiger partial charge in [0.25, 0.3) is 0 Å². The maximum Gasteiger partial charge on any atom is 0.236 e. The molecule has 1 aromatic carbocycles. The number of carbonyl (C=O) groups is 1. The van der Waals surface area contributed by atoms with E-state index in [0.29, 0.717) is 13.1 Å². The Hall–Kier alpha value is -1.94. The normalized spacial score (nSPS) is 10.8. The van der Waals surface area contributed by atoms with Gasteiger partial charge in [-0.05, 0) is 38.5 Å². The molecule has 0 radical (unpaired) electrons. The fourth-order valence-electron chi connectivity index (χ4n) is 2.53. The lowest BCUT2D eigenvalue weighted by Gasteiger charge is -2.19. The first-order valence-corrected chi connectivity index (χ1v) is 7.49. The number of hydrogen-bond donors (Lipinski definition) is 1. The number of likely N-dealkylation sites (N-methyl/N-ethyl adjacent to an activating group) is 1. The van der Waals surface area contributed by atoms with Crippen LogP contribution in [0, 0.1) is 6.92 Å². The van der Waals surface area contributed by atoms with Crippen molar-refractivity contribution in [3.8, 4) is 0 Å².